The Labute approximate surface area is 154 Å². The van der Waals surface area contributed by atoms with E-state index in [1.165, 1.54) is 5.56 Å². The Balaban J connectivity index is 1.94. The maximum absolute atomic E-state index is 12.6. The number of ether oxygens (including phenoxy) is 1. The molecule has 0 bridgehead atoms. The minimum Gasteiger partial charge on any atom is -0.484 e. The summed E-state index contributed by atoms with van der Waals surface area (Å²) >= 11 is 0. The number of hydrogen-bond donors (Lipinski definition) is 1. The zero-order chi connectivity index (χ0) is 18.9. The molecule has 138 valence electrons. The van der Waals surface area contributed by atoms with Crippen molar-refractivity contribution < 1.29 is 14.3 Å². The molecule has 0 aliphatic rings. The van der Waals surface area contributed by atoms with Gasteiger partial charge < -0.3 is 15.4 Å². The Bertz CT molecular complexity index is 744. The van der Waals surface area contributed by atoms with Crippen LogP contribution in [0.5, 0.6) is 5.75 Å². The molecular formula is C21H26N2O3. The van der Waals surface area contributed by atoms with Crippen molar-refractivity contribution in [3.05, 3.63) is 65.2 Å². The van der Waals surface area contributed by atoms with Gasteiger partial charge in [0.15, 0.2) is 6.61 Å². The van der Waals surface area contributed by atoms with Crippen LogP contribution in [0.1, 0.15) is 23.1 Å². The van der Waals surface area contributed by atoms with Gasteiger partial charge in [0.25, 0.3) is 5.91 Å². The van der Waals surface area contributed by atoms with E-state index in [4.69, 9.17) is 10.5 Å². The number of carbonyl (C=O) groups is 2. The predicted molar refractivity (Wildman–Crippen MR) is 102 cm³/mol. The van der Waals surface area contributed by atoms with Crippen LogP contribution in [-0.2, 0) is 16.0 Å². The predicted octanol–water partition coefficient (Wildman–Crippen LogP) is 2.63. The van der Waals surface area contributed by atoms with Crippen molar-refractivity contribution in [3.8, 4) is 5.75 Å². The van der Waals surface area contributed by atoms with Crippen LogP contribution in [0.3, 0.4) is 0 Å². The third kappa shape index (κ3) is 6.24. The van der Waals surface area contributed by atoms with E-state index in [2.05, 4.69) is 0 Å². The van der Waals surface area contributed by atoms with Crippen molar-refractivity contribution >= 4 is 11.8 Å². The van der Waals surface area contributed by atoms with Crippen LogP contribution in [-0.4, -0.2) is 36.4 Å². The topological polar surface area (TPSA) is 72.6 Å². The minimum absolute atomic E-state index is 0.0595. The lowest BCUT2D eigenvalue weighted by Crippen LogP contribution is -2.38. The molecule has 5 heteroatoms. The molecule has 2 rings (SSSR count). The maximum atomic E-state index is 12.6. The first kappa shape index (κ1) is 19.5. The molecule has 0 saturated heterocycles. The highest BCUT2D eigenvalue weighted by atomic mass is 16.5. The van der Waals surface area contributed by atoms with Crippen LogP contribution in [0, 0.1) is 13.8 Å². The number of benzene rings is 2. The quantitative estimate of drug-likeness (QED) is 0.752. The number of hydrogen-bond acceptors (Lipinski definition) is 3. The summed E-state index contributed by atoms with van der Waals surface area (Å²) in [6.45, 7) is 4.79. The first-order valence-electron chi connectivity index (χ1n) is 8.76. The van der Waals surface area contributed by atoms with E-state index in [-0.39, 0.29) is 18.9 Å². The first-order chi connectivity index (χ1) is 12.5. The normalized spacial score (nSPS) is 10.4. The van der Waals surface area contributed by atoms with Crippen LogP contribution >= 0.6 is 0 Å². The Morgan fingerprint density at radius 1 is 1.00 bits per heavy atom. The molecule has 0 heterocycles. The summed E-state index contributed by atoms with van der Waals surface area (Å²) in [4.78, 5) is 25.3. The smallest absolute Gasteiger partial charge is 0.260 e. The highest BCUT2D eigenvalue weighted by Crippen LogP contribution is 2.16. The second-order valence-corrected chi connectivity index (χ2v) is 6.37. The van der Waals surface area contributed by atoms with E-state index in [0.717, 1.165) is 17.5 Å². The fourth-order valence-corrected chi connectivity index (χ4v) is 2.56. The van der Waals surface area contributed by atoms with Gasteiger partial charge in [0.05, 0.1) is 0 Å². The molecule has 0 radical (unpaired) electrons. The molecule has 0 aromatic heterocycles. The molecule has 0 saturated carbocycles. The lowest BCUT2D eigenvalue weighted by molar-refractivity contribution is -0.133. The first-order valence-corrected chi connectivity index (χ1v) is 8.76. The SMILES string of the molecule is Cc1ccc(OCC(=O)N(CCC(N)=O)CCc2ccccc2)cc1C. The molecule has 5 nitrogen and oxygen atoms in total. The second-order valence-electron chi connectivity index (χ2n) is 6.37. The lowest BCUT2D eigenvalue weighted by atomic mass is 10.1. The van der Waals surface area contributed by atoms with Crippen LogP contribution in [0.2, 0.25) is 0 Å². The van der Waals surface area contributed by atoms with E-state index in [1.54, 1.807) is 4.90 Å². The molecule has 26 heavy (non-hydrogen) atoms. The van der Waals surface area contributed by atoms with Crippen LogP contribution < -0.4 is 10.5 Å². The minimum atomic E-state index is -0.419. The van der Waals surface area contributed by atoms with Crippen LogP contribution in [0.25, 0.3) is 0 Å². The summed E-state index contributed by atoms with van der Waals surface area (Å²) in [5.74, 6) is 0.0948. The van der Waals surface area contributed by atoms with Crippen LogP contribution in [0.4, 0.5) is 0 Å². The summed E-state index contributed by atoms with van der Waals surface area (Å²) in [7, 11) is 0. The lowest BCUT2D eigenvalue weighted by Gasteiger charge is -2.22. The van der Waals surface area contributed by atoms with E-state index < -0.39 is 5.91 Å². The largest absolute Gasteiger partial charge is 0.484 e. The molecule has 0 atom stereocenters. The number of aryl methyl sites for hydroxylation is 2. The number of amides is 2. The summed E-state index contributed by atoms with van der Waals surface area (Å²) < 4.78 is 5.64. The van der Waals surface area contributed by atoms with E-state index in [1.807, 2.05) is 62.4 Å². The molecule has 0 fully saturated rings. The van der Waals surface area contributed by atoms with Gasteiger partial charge in [-0.2, -0.15) is 0 Å². The fraction of sp³-hybridized carbons (Fsp3) is 0.333. The molecule has 0 aliphatic carbocycles. The fourth-order valence-electron chi connectivity index (χ4n) is 2.56. The van der Waals surface area contributed by atoms with E-state index in [9.17, 15) is 9.59 Å². The molecule has 0 unspecified atom stereocenters. The molecule has 0 aliphatic heterocycles. The molecule has 2 aromatic carbocycles. The van der Waals surface area contributed by atoms with Crippen LogP contribution in [0.15, 0.2) is 48.5 Å². The standard InChI is InChI=1S/C21H26N2O3/c1-16-8-9-19(14-17(16)2)26-15-21(25)23(13-11-20(22)24)12-10-18-6-4-3-5-7-18/h3-9,14H,10-13,15H2,1-2H3,(H2,22,24). The average Bonchev–Trinajstić information content (AvgIpc) is 2.63. The monoisotopic (exact) mass is 354 g/mol. The van der Waals surface area contributed by atoms with Gasteiger partial charge in [-0.3, -0.25) is 9.59 Å². The molecule has 2 N–H and O–H groups in total. The Kier molecular flexibility index (Phi) is 7.21. The van der Waals surface area contributed by atoms with Crippen molar-refractivity contribution in [2.45, 2.75) is 26.7 Å². The summed E-state index contributed by atoms with van der Waals surface area (Å²) in [5.41, 5.74) is 8.67. The number of nitrogens with zero attached hydrogens (tertiary/aromatic N) is 1. The number of carbonyl (C=O) groups excluding carboxylic acids is 2. The third-order valence-electron chi connectivity index (χ3n) is 4.33. The molecule has 2 aromatic rings. The van der Waals surface area contributed by atoms with Gasteiger partial charge in [0.1, 0.15) is 5.75 Å². The zero-order valence-electron chi connectivity index (χ0n) is 15.4. The van der Waals surface area contributed by atoms with E-state index in [0.29, 0.717) is 18.8 Å². The van der Waals surface area contributed by atoms with Gasteiger partial charge in [-0.25, -0.2) is 0 Å². The highest BCUT2D eigenvalue weighted by Gasteiger charge is 2.15. The average molecular weight is 354 g/mol. The van der Waals surface area contributed by atoms with Gasteiger partial charge in [0, 0.05) is 19.5 Å². The van der Waals surface area contributed by atoms with Crippen molar-refractivity contribution in [3.63, 3.8) is 0 Å². The number of primary amides is 1. The van der Waals surface area contributed by atoms with Gasteiger partial charge in [-0.1, -0.05) is 36.4 Å². The summed E-state index contributed by atoms with van der Waals surface area (Å²) in [6.07, 6.45) is 0.860. The molecule has 2 amide bonds. The summed E-state index contributed by atoms with van der Waals surface area (Å²) in [6, 6.07) is 15.7. The molecular weight excluding hydrogens is 328 g/mol. The van der Waals surface area contributed by atoms with Gasteiger partial charge >= 0.3 is 0 Å². The third-order valence-corrected chi connectivity index (χ3v) is 4.33. The number of rotatable bonds is 9. The van der Waals surface area contributed by atoms with Crippen molar-refractivity contribution in [2.75, 3.05) is 19.7 Å². The van der Waals surface area contributed by atoms with Gasteiger partial charge in [-0.15, -0.1) is 0 Å². The van der Waals surface area contributed by atoms with Gasteiger partial charge in [0.2, 0.25) is 5.91 Å². The van der Waals surface area contributed by atoms with Crippen molar-refractivity contribution in [2.24, 2.45) is 5.73 Å². The summed E-state index contributed by atoms with van der Waals surface area (Å²) in [5, 5.41) is 0. The zero-order valence-corrected chi connectivity index (χ0v) is 15.4. The Hall–Kier alpha value is -2.82. The Morgan fingerprint density at radius 2 is 1.73 bits per heavy atom. The van der Waals surface area contributed by atoms with Crippen molar-refractivity contribution in [1.82, 2.24) is 4.90 Å². The van der Waals surface area contributed by atoms with E-state index >= 15 is 0 Å². The van der Waals surface area contributed by atoms with Crippen molar-refractivity contribution in [1.29, 1.82) is 0 Å². The second kappa shape index (κ2) is 9.61. The van der Waals surface area contributed by atoms with Gasteiger partial charge in [-0.05, 0) is 49.1 Å². The number of nitrogens with two attached hydrogens (primary N) is 1. The highest BCUT2D eigenvalue weighted by molar-refractivity contribution is 5.79. The molecule has 0 spiro atoms. The maximum Gasteiger partial charge on any atom is 0.260 e. The Morgan fingerprint density at radius 3 is 2.38 bits per heavy atom.